The maximum atomic E-state index is 12.8. The van der Waals surface area contributed by atoms with Gasteiger partial charge < -0.3 is 14.8 Å². The van der Waals surface area contributed by atoms with E-state index in [4.69, 9.17) is 9.47 Å². The summed E-state index contributed by atoms with van der Waals surface area (Å²) in [6, 6.07) is 15.9. The Labute approximate surface area is 141 Å². The van der Waals surface area contributed by atoms with E-state index in [9.17, 15) is 4.79 Å². The molecule has 1 aliphatic heterocycles. The molecule has 4 heteroatoms. The average Bonchev–Trinajstić information content (AvgIpc) is 2.61. The summed E-state index contributed by atoms with van der Waals surface area (Å²) in [5, 5.41) is 3.16. The molecule has 0 unspecified atom stereocenters. The Morgan fingerprint density at radius 3 is 2.58 bits per heavy atom. The van der Waals surface area contributed by atoms with Crippen LogP contribution in [0.3, 0.4) is 0 Å². The van der Waals surface area contributed by atoms with E-state index in [0.29, 0.717) is 11.5 Å². The molecular weight excluding hydrogens is 302 g/mol. The van der Waals surface area contributed by atoms with Crippen molar-refractivity contribution in [2.75, 3.05) is 0 Å². The van der Waals surface area contributed by atoms with Crippen LogP contribution in [-0.4, -0.2) is 18.1 Å². The second kappa shape index (κ2) is 6.19. The van der Waals surface area contributed by atoms with Crippen LogP contribution in [-0.2, 0) is 11.2 Å². The number of carbonyl (C=O) groups excluding carboxylic acids is 1. The molecular formula is C20H21NO3. The molecule has 1 amide bonds. The first-order valence-corrected chi connectivity index (χ1v) is 8.53. The summed E-state index contributed by atoms with van der Waals surface area (Å²) >= 11 is 0. The molecule has 2 aromatic rings. The van der Waals surface area contributed by atoms with E-state index in [2.05, 4.69) is 23.5 Å². The standard InChI is InChI=1S/C20H21NO3/c1-13-19(24-18-12-5-4-11-17(18)23-13)20(22)21-16-10-6-8-14-7-2-3-9-15(14)16/h2-5,7,9,11-13,16,19H,6,8,10H2,1H3,(H,21,22)/t13-,16+,19-/m0/s1. The molecule has 1 heterocycles. The van der Waals surface area contributed by atoms with Crippen LogP contribution in [0.1, 0.15) is 36.9 Å². The number of para-hydroxylation sites is 2. The Kier molecular flexibility index (Phi) is 3.89. The van der Waals surface area contributed by atoms with Crippen molar-refractivity contribution in [3.05, 3.63) is 59.7 Å². The SMILES string of the molecule is C[C@@H]1Oc2ccccc2O[C@@H]1C(=O)N[C@@H]1CCCc2ccccc21. The molecule has 0 aromatic heterocycles. The first kappa shape index (κ1) is 15.1. The monoisotopic (exact) mass is 323 g/mol. The molecule has 3 atom stereocenters. The van der Waals surface area contributed by atoms with Gasteiger partial charge in [-0.1, -0.05) is 36.4 Å². The Morgan fingerprint density at radius 2 is 1.75 bits per heavy atom. The summed E-state index contributed by atoms with van der Waals surface area (Å²) in [6.07, 6.45) is 2.17. The van der Waals surface area contributed by atoms with Crippen LogP contribution in [0.4, 0.5) is 0 Å². The number of hydrogen-bond donors (Lipinski definition) is 1. The number of amides is 1. The van der Waals surface area contributed by atoms with Crippen molar-refractivity contribution in [3.63, 3.8) is 0 Å². The molecule has 0 radical (unpaired) electrons. The minimum absolute atomic E-state index is 0.0513. The zero-order valence-corrected chi connectivity index (χ0v) is 13.7. The van der Waals surface area contributed by atoms with Crippen LogP contribution < -0.4 is 14.8 Å². The van der Waals surface area contributed by atoms with Crippen molar-refractivity contribution >= 4 is 5.91 Å². The fourth-order valence-electron chi connectivity index (χ4n) is 3.56. The topological polar surface area (TPSA) is 47.6 Å². The first-order chi connectivity index (χ1) is 11.7. The van der Waals surface area contributed by atoms with E-state index in [-0.39, 0.29) is 18.1 Å². The number of hydrogen-bond acceptors (Lipinski definition) is 3. The molecule has 1 N–H and O–H groups in total. The molecule has 0 spiro atoms. The zero-order chi connectivity index (χ0) is 16.5. The summed E-state index contributed by atoms with van der Waals surface area (Å²) in [5.74, 6) is 1.20. The van der Waals surface area contributed by atoms with Gasteiger partial charge in [0, 0.05) is 0 Å². The molecule has 4 rings (SSSR count). The third-order valence-corrected chi connectivity index (χ3v) is 4.79. The second-order valence-corrected chi connectivity index (χ2v) is 6.46. The molecule has 0 saturated carbocycles. The van der Waals surface area contributed by atoms with Gasteiger partial charge in [-0.3, -0.25) is 4.79 Å². The Balaban J connectivity index is 1.51. The number of nitrogens with one attached hydrogen (secondary N) is 1. The van der Waals surface area contributed by atoms with Crippen molar-refractivity contribution in [2.45, 2.75) is 44.4 Å². The first-order valence-electron chi connectivity index (χ1n) is 8.53. The van der Waals surface area contributed by atoms with Gasteiger partial charge in [-0.15, -0.1) is 0 Å². The molecule has 2 aliphatic rings. The number of ether oxygens (including phenoxy) is 2. The van der Waals surface area contributed by atoms with Gasteiger partial charge in [0.2, 0.25) is 6.10 Å². The van der Waals surface area contributed by atoms with Crippen LogP contribution in [0.15, 0.2) is 48.5 Å². The van der Waals surface area contributed by atoms with Gasteiger partial charge >= 0.3 is 0 Å². The lowest BCUT2D eigenvalue weighted by Crippen LogP contribution is -2.50. The van der Waals surface area contributed by atoms with E-state index in [1.807, 2.05) is 37.3 Å². The van der Waals surface area contributed by atoms with Gasteiger partial charge in [-0.25, -0.2) is 0 Å². The maximum absolute atomic E-state index is 12.8. The predicted octanol–water partition coefficient (Wildman–Crippen LogP) is 3.41. The van der Waals surface area contributed by atoms with Gasteiger partial charge in [0.1, 0.15) is 6.10 Å². The molecule has 0 fully saturated rings. The van der Waals surface area contributed by atoms with Crippen LogP contribution >= 0.6 is 0 Å². The van der Waals surface area contributed by atoms with Gasteiger partial charge in [0.15, 0.2) is 11.5 Å². The highest BCUT2D eigenvalue weighted by Gasteiger charge is 2.35. The van der Waals surface area contributed by atoms with E-state index < -0.39 is 6.10 Å². The van der Waals surface area contributed by atoms with Crippen LogP contribution in [0.5, 0.6) is 11.5 Å². The summed E-state index contributed by atoms with van der Waals surface area (Å²) < 4.78 is 11.7. The minimum atomic E-state index is -0.631. The lowest BCUT2D eigenvalue weighted by Gasteiger charge is -2.33. The fraction of sp³-hybridized carbons (Fsp3) is 0.350. The smallest absolute Gasteiger partial charge is 0.265 e. The highest BCUT2D eigenvalue weighted by atomic mass is 16.6. The minimum Gasteiger partial charge on any atom is -0.482 e. The van der Waals surface area contributed by atoms with Gasteiger partial charge in [0.05, 0.1) is 6.04 Å². The average molecular weight is 323 g/mol. The normalized spacial score (nSPS) is 24.8. The second-order valence-electron chi connectivity index (χ2n) is 6.46. The van der Waals surface area contributed by atoms with Crippen LogP contribution in [0.25, 0.3) is 0 Å². The molecule has 0 saturated heterocycles. The zero-order valence-electron chi connectivity index (χ0n) is 13.7. The third kappa shape index (κ3) is 2.73. The molecule has 2 aromatic carbocycles. The number of benzene rings is 2. The Bertz CT molecular complexity index is 758. The van der Waals surface area contributed by atoms with E-state index in [0.717, 1.165) is 19.3 Å². The summed E-state index contributed by atoms with van der Waals surface area (Å²) in [4.78, 5) is 12.8. The van der Waals surface area contributed by atoms with E-state index in [1.165, 1.54) is 11.1 Å². The predicted molar refractivity (Wildman–Crippen MR) is 91.2 cm³/mol. The molecule has 0 bridgehead atoms. The number of fused-ring (bicyclic) bond motifs is 2. The van der Waals surface area contributed by atoms with Crippen molar-refractivity contribution in [1.82, 2.24) is 5.32 Å². The lowest BCUT2D eigenvalue weighted by atomic mass is 9.87. The van der Waals surface area contributed by atoms with E-state index >= 15 is 0 Å². The third-order valence-electron chi connectivity index (χ3n) is 4.79. The van der Waals surface area contributed by atoms with Crippen molar-refractivity contribution in [2.24, 2.45) is 0 Å². The summed E-state index contributed by atoms with van der Waals surface area (Å²) in [6.45, 7) is 1.87. The van der Waals surface area contributed by atoms with Crippen molar-refractivity contribution < 1.29 is 14.3 Å². The molecule has 1 aliphatic carbocycles. The largest absolute Gasteiger partial charge is 0.482 e. The quantitative estimate of drug-likeness (QED) is 0.921. The molecule has 4 nitrogen and oxygen atoms in total. The number of aryl methyl sites for hydroxylation is 1. The molecule has 24 heavy (non-hydrogen) atoms. The van der Waals surface area contributed by atoms with Gasteiger partial charge in [0.25, 0.3) is 5.91 Å². The maximum Gasteiger partial charge on any atom is 0.265 e. The van der Waals surface area contributed by atoms with Crippen molar-refractivity contribution in [1.29, 1.82) is 0 Å². The summed E-state index contributed by atoms with van der Waals surface area (Å²) in [5.41, 5.74) is 2.55. The van der Waals surface area contributed by atoms with Crippen LogP contribution in [0.2, 0.25) is 0 Å². The highest BCUT2D eigenvalue weighted by Crippen LogP contribution is 2.34. The van der Waals surface area contributed by atoms with Gasteiger partial charge in [-0.2, -0.15) is 0 Å². The van der Waals surface area contributed by atoms with Crippen molar-refractivity contribution in [3.8, 4) is 11.5 Å². The lowest BCUT2D eigenvalue weighted by molar-refractivity contribution is -0.134. The number of carbonyl (C=O) groups is 1. The Morgan fingerprint density at radius 1 is 1.04 bits per heavy atom. The van der Waals surface area contributed by atoms with E-state index in [1.54, 1.807) is 0 Å². The summed E-state index contributed by atoms with van der Waals surface area (Å²) in [7, 11) is 0. The molecule has 124 valence electrons. The highest BCUT2D eigenvalue weighted by molar-refractivity contribution is 5.82. The van der Waals surface area contributed by atoms with Gasteiger partial charge in [-0.05, 0) is 49.4 Å². The number of rotatable bonds is 2. The fourth-order valence-corrected chi connectivity index (χ4v) is 3.56. The van der Waals surface area contributed by atoms with Crippen LogP contribution in [0, 0.1) is 0 Å². The Hall–Kier alpha value is -2.49.